The van der Waals surface area contributed by atoms with Crippen molar-refractivity contribution in [2.45, 2.75) is 36.0 Å². The molecule has 0 amide bonds. The fraction of sp³-hybridized carbons (Fsp3) is 1.00. The van der Waals surface area contributed by atoms with Crippen molar-refractivity contribution >= 4 is 20.9 Å². The first-order chi connectivity index (χ1) is 5.35. The van der Waals surface area contributed by atoms with E-state index in [0.29, 0.717) is 0 Å². The molecular formula is C8H18O2Te. The predicted octanol–water partition coefficient (Wildman–Crippen LogP) is 1.95. The third-order valence-corrected chi connectivity index (χ3v) is 3.78. The van der Waals surface area contributed by atoms with E-state index in [1.54, 1.807) is 0 Å². The Hall–Kier alpha value is 0.710. The molecule has 0 saturated carbocycles. The van der Waals surface area contributed by atoms with Crippen LogP contribution in [0.5, 0.6) is 0 Å². The molecule has 0 aromatic heterocycles. The first-order valence-corrected chi connectivity index (χ1v) is 7.45. The summed E-state index contributed by atoms with van der Waals surface area (Å²) in [4.78, 5) is 0. The molecule has 0 unspecified atom stereocenters. The van der Waals surface area contributed by atoms with Crippen molar-refractivity contribution in [1.29, 1.82) is 0 Å². The third-order valence-electron chi connectivity index (χ3n) is 1.16. The summed E-state index contributed by atoms with van der Waals surface area (Å²) in [6, 6.07) is 0. The quantitative estimate of drug-likeness (QED) is 0.521. The predicted molar refractivity (Wildman–Crippen MR) is 48.1 cm³/mol. The van der Waals surface area contributed by atoms with Crippen LogP contribution in [0.25, 0.3) is 0 Å². The van der Waals surface area contributed by atoms with Gasteiger partial charge in [-0.25, -0.2) is 0 Å². The fourth-order valence-electron chi connectivity index (χ4n) is 0.730. The fourth-order valence-corrected chi connectivity index (χ4v) is 2.50. The molecule has 0 aromatic carbocycles. The molecule has 0 bridgehead atoms. The zero-order valence-corrected chi connectivity index (χ0v) is 9.96. The summed E-state index contributed by atoms with van der Waals surface area (Å²) in [6.45, 7) is 7.79. The van der Waals surface area contributed by atoms with Gasteiger partial charge in [0.1, 0.15) is 0 Å². The van der Waals surface area contributed by atoms with Crippen LogP contribution in [0.3, 0.4) is 0 Å². The van der Waals surface area contributed by atoms with E-state index in [-0.39, 0.29) is 27.2 Å². The van der Waals surface area contributed by atoms with E-state index in [4.69, 9.17) is 9.47 Å². The Morgan fingerprint density at radius 1 is 1.09 bits per heavy atom. The van der Waals surface area contributed by atoms with Crippen LogP contribution in [-0.4, -0.2) is 40.4 Å². The van der Waals surface area contributed by atoms with Crippen molar-refractivity contribution < 1.29 is 9.47 Å². The molecule has 2 nitrogen and oxygen atoms in total. The SMILES string of the molecule is CCOC(C[Te]CC)OCC. The van der Waals surface area contributed by atoms with Gasteiger partial charge in [-0.1, -0.05) is 0 Å². The van der Waals surface area contributed by atoms with Crippen molar-refractivity contribution in [3.63, 3.8) is 0 Å². The maximum absolute atomic E-state index is 5.39. The van der Waals surface area contributed by atoms with Gasteiger partial charge in [-0.3, -0.25) is 0 Å². The first-order valence-electron chi connectivity index (χ1n) is 4.16. The van der Waals surface area contributed by atoms with E-state index < -0.39 is 0 Å². The average molecular weight is 274 g/mol. The molecule has 0 N–H and O–H groups in total. The Labute approximate surface area is 79.7 Å². The monoisotopic (exact) mass is 276 g/mol. The van der Waals surface area contributed by atoms with Gasteiger partial charge >= 0.3 is 79.6 Å². The number of hydrogen-bond acceptors (Lipinski definition) is 2. The zero-order chi connectivity index (χ0) is 8.53. The van der Waals surface area contributed by atoms with E-state index in [9.17, 15) is 0 Å². The molecule has 0 saturated heterocycles. The molecule has 11 heavy (non-hydrogen) atoms. The van der Waals surface area contributed by atoms with Gasteiger partial charge in [0.25, 0.3) is 0 Å². The Bertz CT molecular complexity index is 72.5. The van der Waals surface area contributed by atoms with Gasteiger partial charge in [-0.2, -0.15) is 0 Å². The number of hydrogen-bond donors (Lipinski definition) is 0. The Morgan fingerprint density at radius 2 is 1.64 bits per heavy atom. The summed E-state index contributed by atoms with van der Waals surface area (Å²) < 4.78 is 13.3. The average Bonchev–Trinajstić information content (AvgIpc) is 2.01. The molecule has 68 valence electrons. The normalized spacial score (nSPS) is 10.9. The van der Waals surface area contributed by atoms with Crippen LogP contribution in [0.1, 0.15) is 20.8 Å². The van der Waals surface area contributed by atoms with Gasteiger partial charge in [0.15, 0.2) is 0 Å². The number of ether oxygens (including phenoxy) is 2. The minimum absolute atomic E-state index is 0.0901. The van der Waals surface area contributed by atoms with Gasteiger partial charge in [0.2, 0.25) is 0 Å². The summed E-state index contributed by atoms with van der Waals surface area (Å²) in [5.41, 5.74) is 0. The second kappa shape index (κ2) is 8.80. The van der Waals surface area contributed by atoms with Crippen molar-refractivity contribution in [3.8, 4) is 0 Å². The molecule has 0 radical (unpaired) electrons. The van der Waals surface area contributed by atoms with Crippen molar-refractivity contribution in [1.82, 2.24) is 0 Å². The molecule has 0 atom stereocenters. The van der Waals surface area contributed by atoms with Gasteiger partial charge in [-0.05, 0) is 0 Å². The molecule has 3 heteroatoms. The van der Waals surface area contributed by atoms with E-state index >= 15 is 0 Å². The van der Waals surface area contributed by atoms with Gasteiger partial charge < -0.3 is 0 Å². The van der Waals surface area contributed by atoms with Crippen LogP contribution < -0.4 is 0 Å². The summed E-state index contributed by atoms with van der Waals surface area (Å²) in [5.74, 6) is 0. The third kappa shape index (κ3) is 7.08. The Balaban J connectivity index is 3.34. The van der Waals surface area contributed by atoms with E-state index in [1.165, 1.54) is 4.47 Å². The van der Waals surface area contributed by atoms with Crippen LogP contribution in [0.15, 0.2) is 0 Å². The first kappa shape index (κ1) is 11.7. The molecule has 0 aromatic rings. The van der Waals surface area contributed by atoms with Crippen LogP contribution >= 0.6 is 0 Å². The van der Waals surface area contributed by atoms with Crippen molar-refractivity contribution in [2.24, 2.45) is 0 Å². The van der Waals surface area contributed by atoms with Crippen molar-refractivity contribution in [3.05, 3.63) is 0 Å². The molecule has 0 fully saturated rings. The zero-order valence-electron chi connectivity index (χ0n) is 7.63. The van der Waals surface area contributed by atoms with E-state index in [0.717, 1.165) is 17.7 Å². The second-order valence-electron chi connectivity index (χ2n) is 2.00. The molecule has 0 spiro atoms. The summed E-state index contributed by atoms with van der Waals surface area (Å²) in [5, 5.41) is 0. The molecule has 0 aliphatic rings. The summed E-state index contributed by atoms with van der Waals surface area (Å²) in [6.07, 6.45) is 0.0901. The van der Waals surface area contributed by atoms with Crippen LogP contribution in [-0.2, 0) is 9.47 Å². The second-order valence-corrected chi connectivity index (χ2v) is 5.76. The van der Waals surface area contributed by atoms with Crippen LogP contribution in [0.2, 0.25) is 8.94 Å². The minimum atomic E-state index is 0.0901. The topological polar surface area (TPSA) is 18.5 Å². The Morgan fingerprint density at radius 3 is 2.00 bits per heavy atom. The van der Waals surface area contributed by atoms with Gasteiger partial charge in [0, 0.05) is 0 Å². The molecule has 0 aliphatic heterocycles. The maximum atomic E-state index is 5.39. The summed E-state index contributed by atoms with van der Waals surface area (Å²) >= 11 is 0.154. The molecular weight excluding hydrogens is 256 g/mol. The van der Waals surface area contributed by atoms with Crippen LogP contribution in [0, 0.1) is 0 Å². The standard InChI is InChI=1S/C8H18O2Te/c1-4-9-8(10-5-2)7-11-6-3/h8H,4-7H2,1-3H3. The Kier molecular flexibility index (Phi) is 9.37. The van der Waals surface area contributed by atoms with Gasteiger partial charge in [-0.15, -0.1) is 0 Å². The van der Waals surface area contributed by atoms with Crippen LogP contribution in [0.4, 0.5) is 0 Å². The molecule has 0 rings (SSSR count). The van der Waals surface area contributed by atoms with E-state index in [2.05, 4.69) is 6.92 Å². The molecule has 0 aliphatic carbocycles. The van der Waals surface area contributed by atoms with Gasteiger partial charge in [0.05, 0.1) is 0 Å². The molecule has 0 heterocycles. The van der Waals surface area contributed by atoms with E-state index in [1.807, 2.05) is 13.8 Å². The number of rotatable bonds is 7. The van der Waals surface area contributed by atoms with Crippen molar-refractivity contribution in [2.75, 3.05) is 13.2 Å². The summed E-state index contributed by atoms with van der Waals surface area (Å²) in [7, 11) is 0.